The van der Waals surface area contributed by atoms with Gasteiger partial charge in [-0.1, -0.05) is 6.08 Å². The van der Waals surface area contributed by atoms with Gasteiger partial charge in [0.2, 0.25) is 0 Å². The minimum atomic E-state index is -0.127. The maximum absolute atomic E-state index is 9.45. The van der Waals surface area contributed by atoms with Crippen LogP contribution in [0.3, 0.4) is 0 Å². The highest BCUT2D eigenvalue weighted by molar-refractivity contribution is 5.82. The molecule has 3 heteroatoms. The minimum Gasteiger partial charge on any atom is -0.494 e. The number of aliphatic hydroxyl groups excluding tert-OH is 1. The number of hydrogen-bond donors (Lipinski definition) is 2. The van der Waals surface area contributed by atoms with Gasteiger partial charge < -0.3 is 15.2 Å². The molecule has 2 rings (SSSR count). The van der Waals surface area contributed by atoms with Crippen LogP contribution in [0.25, 0.3) is 5.57 Å². The Labute approximate surface area is 102 Å². The van der Waals surface area contributed by atoms with Crippen molar-refractivity contribution in [2.24, 2.45) is 0 Å². The van der Waals surface area contributed by atoms with Crippen LogP contribution in [0.5, 0.6) is 5.75 Å². The molecule has 1 aliphatic heterocycles. The fraction of sp³-hybridized carbons (Fsp3) is 0.429. The first-order chi connectivity index (χ1) is 8.05. The molecule has 0 radical (unpaired) electrons. The number of aliphatic hydroxyl groups is 1. The SMILES string of the molecule is CCOc1ccc2c(c1)C(CO)=CC(C)(C)N2. The molecule has 1 aromatic carbocycles. The van der Waals surface area contributed by atoms with E-state index in [0.717, 1.165) is 22.6 Å². The normalized spacial score (nSPS) is 16.8. The second-order valence-electron chi connectivity index (χ2n) is 4.81. The van der Waals surface area contributed by atoms with E-state index in [1.165, 1.54) is 0 Å². The van der Waals surface area contributed by atoms with Crippen molar-refractivity contribution in [1.82, 2.24) is 0 Å². The third kappa shape index (κ3) is 2.44. The van der Waals surface area contributed by atoms with Gasteiger partial charge in [-0.05, 0) is 44.5 Å². The standard InChI is InChI=1S/C14H19NO2/c1-4-17-11-5-6-13-12(7-11)10(9-16)8-14(2,3)15-13/h5-8,15-16H,4,9H2,1-3H3. The first-order valence-electron chi connectivity index (χ1n) is 5.94. The smallest absolute Gasteiger partial charge is 0.120 e. The van der Waals surface area contributed by atoms with Crippen molar-refractivity contribution >= 4 is 11.3 Å². The van der Waals surface area contributed by atoms with E-state index in [-0.39, 0.29) is 12.1 Å². The third-order valence-electron chi connectivity index (χ3n) is 2.81. The number of anilines is 1. The van der Waals surface area contributed by atoms with Gasteiger partial charge in [0.25, 0.3) is 0 Å². The Bertz CT molecular complexity index is 450. The maximum atomic E-state index is 9.45. The summed E-state index contributed by atoms with van der Waals surface area (Å²) in [5, 5.41) is 12.9. The molecule has 17 heavy (non-hydrogen) atoms. The quantitative estimate of drug-likeness (QED) is 0.843. The van der Waals surface area contributed by atoms with Gasteiger partial charge in [-0.25, -0.2) is 0 Å². The average molecular weight is 233 g/mol. The molecule has 0 aromatic heterocycles. The van der Waals surface area contributed by atoms with Crippen molar-refractivity contribution in [2.45, 2.75) is 26.3 Å². The minimum absolute atomic E-state index is 0.0493. The molecule has 0 atom stereocenters. The van der Waals surface area contributed by atoms with Crippen LogP contribution in [0.2, 0.25) is 0 Å². The zero-order valence-corrected chi connectivity index (χ0v) is 10.6. The van der Waals surface area contributed by atoms with Gasteiger partial charge in [-0.3, -0.25) is 0 Å². The summed E-state index contributed by atoms with van der Waals surface area (Å²) in [6.07, 6.45) is 2.06. The molecule has 2 N–H and O–H groups in total. The number of hydrogen-bond acceptors (Lipinski definition) is 3. The fourth-order valence-electron chi connectivity index (χ4n) is 2.18. The summed E-state index contributed by atoms with van der Waals surface area (Å²) in [5.41, 5.74) is 2.89. The van der Waals surface area contributed by atoms with Gasteiger partial charge in [-0.15, -0.1) is 0 Å². The lowest BCUT2D eigenvalue weighted by Crippen LogP contribution is -2.32. The highest BCUT2D eigenvalue weighted by Crippen LogP contribution is 2.35. The van der Waals surface area contributed by atoms with Crippen LogP contribution in [-0.4, -0.2) is 23.9 Å². The number of rotatable bonds is 3. The maximum Gasteiger partial charge on any atom is 0.120 e. The second kappa shape index (κ2) is 4.41. The summed E-state index contributed by atoms with van der Waals surface area (Å²) in [6, 6.07) is 5.93. The Hall–Kier alpha value is -1.48. The van der Waals surface area contributed by atoms with Crippen LogP contribution in [0.4, 0.5) is 5.69 Å². The molecular weight excluding hydrogens is 214 g/mol. The highest BCUT2D eigenvalue weighted by Gasteiger charge is 2.24. The molecule has 0 aliphatic carbocycles. The van der Waals surface area contributed by atoms with Crippen molar-refractivity contribution in [1.29, 1.82) is 0 Å². The van der Waals surface area contributed by atoms with Gasteiger partial charge in [0, 0.05) is 11.3 Å². The predicted molar refractivity (Wildman–Crippen MR) is 70.4 cm³/mol. The molecular formula is C14H19NO2. The first kappa shape index (κ1) is 12.0. The van der Waals surface area contributed by atoms with Crippen molar-refractivity contribution in [3.05, 3.63) is 29.8 Å². The largest absolute Gasteiger partial charge is 0.494 e. The van der Waals surface area contributed by atoms with Crippen LogP contribution in [0.1, 0.15) is 26.3 Å². The van der Waals surface area contributed by atoms with Crippen LogP contribution in [0, 0.1) is 0 Å². The molecule has 3 nitrogen and oxygen atoms in total. The summed E-state index contributed by atoms with van der Waals surface area (Å²) in [7, 11) is 0. The number of benzene rings is 1. The van der Waals surface area contributed by atoms with Crippen LogP contribution >= 0.6 is 0 Å². The van der Waals surface area contributed by atoms with Gasteiger partial charge in [-0.2, -0.15) is 0 Å². The summed E-state index contributed by atoms with van der Waals surface area (Å²) >= 11 is 0. The number of ether oxygens (including phenoxy) is 1. The molecule has 0 amide bonds. The molecule has 0 fully saturated rings. The van der Waals surface area contributed by atoms with E-state index >= 15 is 0 Å². The monoisotopic (exact) mass is 233 g/mol. The van der Waals surface area contributed by atoms with Gasteiger partial charge in [0.05, 0.1) is 18.8 Å². The summed E-state index contributed by atoms with van der Waals surface area (Å²) in [4.78, 5) is 0. The van der Waals surface area contributed by atoms with Crippen molar-refractivity contribution in [3.63, 3.8) is 0 Å². The Balaban J connectivity index is 2.44. The molecule has 0 saturated carbocycles. The third-order valence-corrected chi connectivity index (χ3v) is 2.81. The zero-order valence-electron chi connectivity index (χ0n) is 10.6. The van der Waals surface area contributed by atoms with E-state index in [1.807, 2.05) is 25.1 Å². The van der Waals surface area contributed by atoms with Crippen molar-refractivity contribution in [3.8, 4) is 5.75 Å². The van der Waals surface area contributed by atoms with Gasteiger partial charge in [0.1, 0.15) is 5.75 Å². The zero-order chi connectivity index (χ0) is 12.5. The molecule has 0 unspecified atom stereocenters. The second-order valence-corrected chi connectivity index (χ2v) is 4.81. The molecule has 1 aliphatic rings. The van der Waals surface area contributed by atoms with E-state index in [9.17, 15) is 5.11 Å². The molecule has 0 bridgehead atoms. The van der Waals surface area contributed by atoms with Gasteiger partial charge in [0.15, 0.2) is 0 Å². The van der Waals surface area contributed by atoms with E-state index in [2.05, 4.69) is 25.2 Å². The molecule has 1 heterocycles. The first-order valence-corrected chi connectivity index (χ1v) is 5.94. The summed E-state index contributed by atoms with van der Waals surface area (Å²) in [6.45, 7) is 6.83. The molecule has 0 saturated heterocycles. The number of fused-ring (bicyclic) bond motifs is 1. The van der Waals surface area contributed by atoms with Crippen LogP contribution < -0.4 is 10.1 Å². The van der Waals surface area contributed by atoms with E-state index in [4.69, 9.17) is 4.74 Å². The lowest BCUT2D eigenvalue weighted by Gasteiger charge is -2.32. The number of nitrogens with one attached hydrogen (secondary N) is 1. The highest BCUT2D eigenvalue weighted by atomic mass is 16.5. The van der Waals surface area contributed by atoms with E-state index in [0.29, 0.717) is 6.61 Å². The topological polar surface area (TPSA) is 41.5 Å². The Morgan fingerprint density at radius 1 is 1.35 bits per heavy atom. The molecule has 92 valence electrons. The van der Waals surface area contributed by atoms with Crippen molar-refractivity contribution in [2.75, 3.05) is 18.5 Å². The lowest BCUT2D eigenvalue weighted by atomic mass is 9.91. The summed E-state index contributed by atoms with van der Waals surface area (Å²) in [5.74, 6) is 0.840. The Morgan fingerprint density at radius 3 is 2.76 bits per heavy atom. The lowest BCUT2D eigenvalue weighted by molar-refractivity contribution is 0.339. The fourth-order valence-corrected chi connectivity index (χ4v) is 2.18. The Morgan fingerprint density at radius 2 is 2.12 bits per heavy atom. The average Bonchev–Trinajstić information content (AvgIpc) is 2.28. The molecule has 1 aromatic rings. The predicted octanol–water partition coefficient (Wildman–Crippen LogP) is 2.67. The van der Waals surface area contributed by atoms with Crippen LogP contribution in [0.15, 0.2) is 24.3 Å². The molecule has 0 spiro atoms. The van der Waals surface area contributed by atoms with Gasteiger partial charge >= 0.3 is 0 Å². The van der Waals surface area contributed by atoms with E-state index in [1.54, 1.807) is 0 Å². The Kier molecular flexibility index (Phi) is 3.11. The summed E-state index contributed by atoms with van der Waals surface area (Å²) < 4.78 is 5.48. The van der Waals surface area contributed by atoms with Crippen molar-refractivity contribution < 1.29 is 9.84 Å². The van der Waals surface area contributed by atoms with Crippen LogP contribution in [-0.2, 0) is 0 Å². The van der Waals surface area contributed by atoms with E-state index < -0.39 is 0 Å².